The Labute approximate surface area is 345 Å². The van der Waals surface area contributed by atoms with Gasteiger partial charge in [-0.25, -0.2) is 12.8 Å². The van der Waals surface area contributed by atoms with Crippen molar-refractivity contribution in [3.63, 3.8) is 0 Å². The Morgan fingerprint density at radius 1 is 0.700 bits per heavy atom. The standard InChI is InChI=1S/C43H48FNO14S/c44-27-14-10-25(11-15-27)31(48)19-18-30-35(45(42(30)54)28-4-2-1-3-5-28)26-8-6-23(7-9-26)24-12-16-29(17-13-24)60(55,56)22-34-37(50)39(52)41(33(21-47)57-34)59-43-40(53)38(51)36(49)32(20-46)58-43/h1-17,30-41,43,46-53H,18-22H2/t30-,31+,32?,33?,34+,35-,36-,37-,38?,39?,40+,41-,43+/m1/s1. The summed E-state index contributed by atoms with van der Waals surface area (Å²) in [6.45, 7) is -1.56. The lowest BCUT2D eigenvalue weighted by Crippen LogP contribution is -2.65. The minimum atomic E-state index is -4.16. The van der Waals surface area contributed by atoms with Crippen molar-refractivity contribution in [1.29, 1.82) is 0 Å². The fraction of sp³-hybridized carbons (Fsp3) is 0.419. The van der Waals surface area contributed by atoms with Crippen LogP contribution in [-0.4, -0.2) is 135 Å². The van der Waals surface area contributed by atoms with Crippen molar-refractivity contribution in [2.75, 3.05) is 23.9 Å². The molecule has 0 saturated carbocycles. The largest absolute Gasteiger partial charge is 0.394 e. The summed E-state index contributed by atoms with van der Waals surface area (Å²) in [6.07, 6.45) is -16.8. The highest BCUT2D eigenvalue weighted by Crippen LogP contribution is 2.46. The van der Waals surface area contributed by atoms with Gasteiger partial charge in [0.25, 0.3) is 0 Å². The molecule has 0 aliphatic carbocycles. The molecule has 17 heteroatoms. The molecule has 3 aliphatic rings. The van der Waals surface area contributed by atoms with Crippen molar-refractivity contribution < 1.29 is 72.7 Å². The van der Waals surface area contributed by atoms with E-state index in [1.165, 1.54) is 36.4 Å². The van der Waals surface area contributed by atoms with Crippen LogP contribution < -0.4 is 4.90 Å². The second-order valence-electron chi connectivity index (χ2n) is 15.3. The Balaban J connectivity index is 1.01. The summed E-state index contributed by atoms with van der Waals surface area (Å²) >= 11 is 0. The van der Waals surface area contributed by atoms with Crippen LogP contribution in [0.5, 0.6) is 0 Å². The van der Waals surface area contributed by atoms with Gasteiger partial charge in [0.1, 0.15) is 60.8 Å². The molecule has 1 amide bonds. The molecule has 7 rings (SSSR count). The number of sulfone groups is 1. The summed E-state index contributed by atoms with van der Waals surface area (Å²) < 4.78 is 57.2. The number of hydrogen-bond donors (Lipinski definition) is 8. The smallest absolute Gasteiger partial charge is 0.233 e. The van der Waals surface area contributed by atoms with Crippen LogP contribution in [0, 0.1) is 11.7 Å². The Morgan fingerprint density at radius 2 is 1.30 bits per heavy atom. The number of para-hydroxylation sites is 1. The van der Waals surface area contributed by atoms with E-state index in [-0.39, 0.29) is 16.8 Å². The van der Waals surface area contributed by atoms with Gasteiger partial charge in [0, 0.05) is 5.69 Å². The monoisotopic (exact) mass is 853 g/mol. The Hall–Kier alpha value is -4.21. The van der Waals surface area contributed by atoms with E-state index in [2.05, 4.69) is 0 Å². The first-order valence-electron chi connectivity index (χ1n) is 19.6. The first kappa shape index (κ1) is 43.9. The molecule has 8 N–H and O–H groups in total. The van der Waals surface area contributed by atoms with E-state index in [0.717, 1.165) is 16.8 Å². The number of benzene rings is 4. The van der Waals surface area contributed by atoms with Gasteiger partial charge in [-0.1, -0.05) is 66.7 Å². The van der Waals surface area contributed by atoms with Gasteiger partial charge >= 0.3 is 0 Å². The molecule has 4 unspecified atom stereocenters. The van der Waals surface area contributed by atoms with E-state index in [9.17, 15) is 58.5 Å². The number of carbonyl (C=O) groups excluding carboxylic acids is 1. The van der Waals surface area contributed by atoms with Gasteiger partial charge in [0.2, 0.25) is 5.91 Å². The van der Waals surface area contributed by atoms with Gasteiger partial charge in [0.05, 0.1) is 41.9 Å². The zero-order valence-corrected chi connectivity index (χ0v) is 32.9. The van der Waals surface area contributed by atoms with Crippen LogP contribution in [0.3, 0.4) is 0 Å². The molecular weight excluding hydrogens is 806 g/mol. The predicted octanol–water partition coefficient (Wildman–Crippen LogP) is 1.15. The number of anilines is 1. The molecule has 3 fully saturated rings. The fourth-order valence-corrected chi connectivity index (χ4v) is 9.57. The summed E-state index contributed by atoms with van der Waals surface area (Å²) in [5.74, 6) is -1.69. The van der Waals surface area contributed by atoms with Crippen LogP contribution in [0.1, 0.15) is 36.1 Å². The number of aliphatic hydroxyl groups is 8. The number of carbonyl (C=O) groups is 1. The number of β-lactam (4-membered cyclic amide) rings is 1. The number of rotatable bonds is 14. The van der Waals surface area contributed by atoms with Crippen LogP contribution >= 0.6 is 0 Å². The first-order chi connectivity index (χ1) is 28.7. The number of ether oxygens (including phenoxy) is 3. The minimum absolute atomic E-state index is 0.0767. The zero-order valence-electron chi connectivity index (χ0n) is 32.1. The average molecular weight is 854 g/mol. The van der Waals surface area contributed by atoms with Crippen molar-refractivity contribution >= 4 is 21.4 Å². The van der Waals surface area contributed by atoms with Crippen molar-refractivity contribution in [3.05, 3.63) is 120 Å². The van der Waals surface area contributed by atoms with E-state index >= 15 is 0 Å². The molecule has 4 aromatic rings. The number of halogens is 1. The maximum atomic E-state index is 13.6. The van der Waals surface area contributed by atoms with E-state index < -0.39 is 108 Å². The lowest BCUT2D eigenvalue weighted by Gasteiger charge is -2.48. The fourth-order valence-electron chi connectivity index (χ4n) is 8.12. The van der Waals surface area contributed by atoms with E-state index in [4.69, 9.17) is 14.2 Å². The van der Waals surface area contributed by atoms with Crippen LogP contribution in [0.25, 0.3) is 11.1 Å². The van der Waals surface area contributed by atoms with Gasteiger partial charge < -0.3 is 60.0 Å². The predicted molar refractivity (Wildman–Crippen MR) is 211 cm³/mol. The Kier molecular flexibility index (Phi) is 13.5. The second kappa shape index (κ2) is 18.4. The summed E-state index contributed by atoms with van der Waals surface area (Å²) in [4.78, 5) is 15.2. The minimum Gasteiger partial charge on any atom is -0.394 e. The van der Waals surface area contributed by atoms with Gasteiger partial charge in [-0.2, -0.15) is 0 Å². The molecule has 15 nitrogen and oxygen atoms in total. The van der Waals surface area contributed by atoms with Gasteiger partial charge in [-0.3, -0.25) is 4.79 Å². The molecule has 0 radical (unpaired) electrons. The van der Waals surface area contributed by atoms with Crippen molar-refractivity contribution in [1.82, 2.24) is 0 Å². The number of amides is 1. The van der Waals surface area contributed by atoms with Crippen molar-refractivity contribution in [2.45, 2.75) is 91.1 Å². The van der Waals surface area contributed by atoms with Crippen LogP contribution in [0.15, 0.2) is 108 Å². The third kappa shape index (κ3) is 8.90. The van der Waals surface area contributed by atoms with E-state index in [1.54, 1.807) is 17.0 Å². The number of aliphatic hydroxyl groups excluding tert-OH is 8. The molecule has 3 heterocycles. The maximum absolute atomic E-state index is 13.6. The normalized spacial score (nSPS) is 31.4. The molecular formula is C43H48FNO14S. The number of nitrogens with zero attached hydrogens (tertiary/aromatic N) is 1. The number of hydrogen-bond acceptors (Lipinski definition) is 14. The highest BCUT2D eigenvalue weighted by Gasteiger charge is 2.51. The van der Waals surface area contributed by atoms with Crippen molar-refractivity contribution in [3.8, 4) is 11.1 Å². The average Bonchev–Trinajstić information content (AvgIpc) is 3.26. The van der Waals surface area contributed by atoms with Crippen LogP contribution in [0.2, 0.25) is 0 Å². The topological polar surface area (TPSA) is 244 Å². The molecule has 0 bridgehead atoms. The summed E-state index contributed by atoms with van der Waals surface area (Å²) in [6, 6.07) is 28.1. The first-order valence-corrected chi connectivity index (χ1v) is 21.2. The van der Waals surface area contributed by atoms with Gasteiger partial charge in [0.15, 0.2) is 16.1 Å². The Bertz CT molecular complexity index is 2160. The molecule has 60 heavy (non-hydrogen) atoms. The van der Waals surface area contributed by atoms with Crippen LogP contribution in [0.4, 0.5) is 10.1 Å². The third-order valence-corrected chi connectivity index (χ3v) is 13.3. The lowest BCUT2D eigenvalue weighted by atomic mass is 9.78. The third-order valence-electron chi connectivity index (χ3n) is 11.5. The highest BCUT2D eigenvalue weighted by molar-refractivity contribution is 7.91. The van der Waals surface area contributed by atoms with E-state index in [1.807, 2.05) is 54.6 Å². The lowest BCUT2D eigenvalue weighted by molar-refractivity contribution is -0.341. The maximum Gasteiger partial charge on any atom is 0.233 e. The molecule has 322 valence electrons. The summed E-state index contributed by atoms with van der Waals surface area (Å²) in [7, 11) is -4.16. The summed E-state index contributed by atoms with van der Waals surface area (Å²) in [5, 5.41) is 82.8. The quantitative estimate of drug-likeness (QED) is 0.0831. The van der Waals surface area contributed by atoms with Gasteiger partial charge in [-0.05, 0) is 71.5 Å². The highest BCUT2D eigenvalue weighted by atomic mass is 32.2. The molecule has 0 aromatic heterocycles. The second-order valence-corrected chi connectivity index (χ2v) is 17.4. The molecule has 0 spiro atoms. The zero-order chi connectivity index (χ0) is 42.9. The SMILES string of the molecule is O=C1[C@H](CC[C@H](O)c2ccc(F)cc2)[C@@H](c2ccc(-c3ccc(S(=O)(=O)C[C@@H]4OC(CO)[C@@H](O[C@@H]5OC(CO)[C@@H](O)C(O)[C@@H]5O)C(O)[C@@H]4O)cc3)cc2)N1c1ccccc1. The molecule has 3 aliphatic heterocycles. The summed E-state index contributed by atoms with van der Waals surface area (Å²) in [5.41, 5.74) is 3.60. The molecule has 13 atom stereocenters. The van der Waals surface area contributed by atoms with Crippen molar-refractivity contribution in [2.24, 2.45) is 5.92 Å². The molecule has 3 saturated heterocycles. The Morgan fingerprint density at radius 3 is 1.92 bits per heavy atom. The molecule has 4 aromatic carbocycles. The van der Waals surface area contributed by atoms with E-state index in [0.29, 0.717) is 24.0 Å². The van der Waals surface area contributed by atoms with Crippen LogP contribution in [-0.2, 0) is 28.8 Å². The van der Waals surface area contributed by atoms with Gasteiger partial charge in [-0.15, -0.1) is 0 Å².